The van der Waals surface area contributed by atoms with Crippen LogP contribution in [-0.4, -0.2) is 38.1 Å². The molecule has 154 valence electrons. The average molecular weight is 395 g/mol. The number of ether oxygens (including phenoxy) is 2. The van der Waals surface area contributed by atoms with Crippen LogP contribution >= 0.6 is 0 Å². The van der Waals surface area contributed by atoms with Gasteiger partial charge in [0.05, 0.1) is 7.11 Å². The van der Waals surface area contributed by atoms with Crippen molar-refractivity contribution in [3.8, 4) is 17.6 Å². The fourth-order valence-corrected chi connectivity index (χ4v) is 6.38. The minimum Gasteiger partial charge on any atom is -0.493 e. The molecule has 4 fully saturated rings. The molecule has 0 radical (unpaired) electrons. The van der Waals surface area contributed by atoms with Gasteiger partial charge >= 0.3 is 0 Å². The fraction of sp³-hybridized carbons (Fsp3) is 0.583. The maximum absolute atomic E-state index is 12.8. The molecule has 0 spiro atoms. The molecule has 0 N–H and O–H groups in total. The molecule has 0 atom stereocenters. The summed E-state index contributed by atoms with van der Waals surface area (Å²) in [6.45, 7) is 0.850. The van der Waals surface area contributed by atoms with E-state index in [0.29, 0.717) is 16.9 Å². The Balaban J connectivity index is 1.39. The zero-order chi connectivity index (χ0) is 20.4. The van der Waals surface area contributed by atoms with Gasteiger partial charge in [-0.05, 0) is 85.5 Å². The smallest absolute Gasteiger partial charge is 0.246 e. The van der Waals surface area contributed by atoms with Crippen LogP contribution in [0.2, 0.25) is 0 Å². The van der Waals surface area contributed by atoms with Gasteiger partial charge in [-0.2, -0.15) is 5.26 Å². The van der Waals surface area contributed by atoms with Gasteiger partial charge in [-0.1, -0.05) is 6.07 Å². The first kappa shape index (κ1) is 19.8. The Hall–Kier alpha value is -2.48. The molecule has 0 saturated heterocycles. The first-order valence-corrected chi connectivity index (χ1v) is 10.6. The molecule has 4 aliphatic rings. The van der Waals surface area contributed by atoms with Gasteiger partial charge < -0.3 is 14.4 Å². The minimum absolute atomic E-state index is 0.0286. The van der Waals surface area contributed by atoms with Crippen LogP contribution in [0.25, 0.3) is 6.08 Å². The molecule has 1 aromatic carbocycles. The first-order valence-electron chi connectivity index (χ1n) is 10.6. The van der Waals surface area contributed by atoms with E-state index in [4.69, 9.17) is 14.7 Å². The van der Waals surface area contributed by atoms with Gasteiger partial charge in [-0.3, -0.25) is 4.79 Å². The summed E-state index contributed by atoms with van der Waals surface area (Å²) in [7, 11) is 3.50. The normalized spacial score (nSPS) is 29.6. The SMILES string of the molecule is COc1cc(/C=C/C(=O)N(C)CC23CC4CC(CC(C4)C2)C3)ccc1OCC#N. The third-order valence-electron chi connectivity index (χ3n) is 7.01. The summed E-state index contributed by atoms with van der Waals surface area (Å²) in [6.07, 6.45) is 11.7. The van der Waals surface area contributed by atoms with Crippen LogP contribution in [0, 0.1) is 34.5 Å². The van der Waals surface area contributed by atoms with Crippen LogP contribution in [0.3, 0.4) is 0 Å². The molecule has 5 heteroatoms. The van der Waals surface area contributed by atoms with Crippen LogP contribution in [0.4, 0.5) is 0 Å². The topological polar surface area (TPSA) is 62.6 Å². The van der Waals surface area contributed by atoms with E-state index in [1.807, 2.05) is 36.2 Å². The molecule has 0 aromatic heterocycles. The largest absolute Gasteiger partial charge is 0.493 e. The van der Waals surface area contributed by atoms with E-state index in [1.165, 1.54) is 38.5 Å². The van der Waals surface area contributed by atoms with E-state index in [-0.39, 0.29) is 12.5 Å². The predicted molar refractivity (Wildman–Crippen MR) is 111 cm³/mol. The van der Waals surface area contributed by atoms with Gasteiger partial charge in [0.25, 0.3) is 0 Å². The molecule has 5 rings (SSSR count). The average Bonchev–Trinajstić information content (AvgIpc) is 2.69. The van der Waals surface area contributed by atoms with Crippen molar-refractivity contribution in [3.63, 3.8) is 0 Å². The van der Waals surface area contributed by atoms with Gasteiger partial charge in [-0.25, -0.2) is 0 Å². The number of nitrogens with zero attached hydrogens (tertiary/aromatic N) is 2. The number of likely N-dealkylation sites (N-methyl/N-ethyl adjacent to an activating group) is 1. The van der Waals surface area contributed by atoms with E-state index < -0.39 is 0 Å². The Bertz CT molecular complexity index is 804. The minimum atomic E-state index is -0.0286. The van der Waals surface area contributed by atoms with Crippen LogP contribution < -0.4 is 9.47 Å². The van der Waals surface area contributed by atoms with Crippen molar-refractivity contribution in [2.75, 3.05) is 27.3 Å². The molecule has 0 heterocycles. The summed E-state index contributed by atoms with van der Waals surface area (Å²) in [4.78, 5) is 14.7. The molecule has 29 heavy (non-hydrogen) atoms. The molecule has 1 aromatic rings. The van der Waals surface area contributed by atoms with Crippen LogP contribution in [0.15, 0.2) is 24.3 Å². The summed E-state index contributed by atoms with van der Waals surface area (Å²) >= 11 is 0. The number of carbonyl (C=O) groups excluding carboxylic acids is 1. The van der Waals surface area contributed by atoms with Crippen molar-refractivity contribution in [3.05, 3.63) is 29.8 Å². The summed E-state index contributed by atoms with van der Waals surface area (Å²) in [5.41, 5.74) is 1.22. The molecule has 5 nitrogen and oxygen atoms in total. The quantitative estimate of drug-likeness (QED) is 0.648. The Morgan fingerprint density at radius 2 is 1.86 bits per heavy atom. The summed E-state index contributed by atoms with van der Waals surface area (Å²) < 4.78 is 10.7. The highest BCUT2D eigenvalue weighted by Gasteiger charge is 2.51. The number of carbonyl (C=O) groups is 1. The van der Waals surface area contributed by atoms with Gasteiger partial charge in [0.1, 0.15) is 6.07 Å². The highest BCUT2D eigenvalue weighted by atomic mass is 16.5. The lowest BCUT2D eigenvalue weighted by atomic mass is 9.49. The monoisotopic (exact) mass is 394 g/mol. The van der Waals surface area contributed by atoms with Crippen molar-refractivity contribution in [1.82, 2.24) is 4.90 Å². The lowest BCUT2D eigenvalue weighted by molar-refractivity contribution is -0.130. The number of hydrogen-bond donors (Lipinski definition) is 0. The zero-order valence-electron chi connectivity index (χ0n) is 17.4. The van der Waals surface area contributed by atoms with Crippen LogP contribution in [-0.2, 0) is 4.79 Å². The number of benzene rings is 1. The van der Waals surface area contributed by atoms with Crippen LogP contribution in [0.1, 0.15) is 44.1 Å². The van der Waals surface area contributed by atoms with Gasteiger partial charge in [0.15, 0.2) is 18.1 Å². The first-order chi connectivity index (χ1) is 14.0. The number of rotatable bonds is 7. The van der Waals surface area contributed by atoms with Gasteiger partial charge in [-0.15, -0.1) is 0 Å². The number of amides is 1. The van der Waals surface area contributed by atoms with E-state index in [2.05, 4.69) is 0 Å². The number of methoxy groups -OCH3 is 1. The standard InChI is InChI=1S/C24H30N2O3/c1-26(16-24-13-18-9-19(14-24)11-20(10-18)15-24)23(27)6-4-17-3-5-21(29-8-7-25)22(12-17)28-2/h3-6,12,18-20H,8-11,13-16H2,1-2H3/b6-4+. The molecule has 4 saturated carbocycles. The second-order valence-corrected chi connectivity index (χ2v) is 9.30. The summed E-state index contributed by atoms with van der Waals surface area (Å²) in [5.74, 6) is 3.82. The lowest BCUT2D eigenvalue weighted by Gasteiger charge is -2.57. The Kier molecular flexibility index (Phi) is 5.54. The number of hydrogen-bond acceptors (Lipinski definition) is 4. The number of nitriles is 1. The maximum Gasteiger partial charge on any atom is 0.246 e. The van der Waals surface area contributed by atoms with Gasteiger partial charge in [0, 0.05) is 19.7 Å². The van der Waals surface area contributed by atoms with E-state index in [9.17, 15) is 4.79 Å². The highest BCUT2D eigenvalue weighted by molar-refractivity contribution is 5.91. The molecule has 1 amide bonds. The van der Waals surface area contributed by atoms with E-state index in [0.717, 1.165) is 29.9 Å². The third kappa shape index (κ3) is 4.27. The van der Waals surface area contributed by atoms with Crippen molar-refractivity contribution in [1.29, 1.82) is 5.26 Å². The Labute approximate surface area is 173 Å². The third-order valence-corrected chi connectivity index (χ3v) is 7.01. The zero-order valence-corrected chi connectivity index (χ0v) is 17.4. The van der Waals surface area contributed by atoms with Crippen molar-refractivity contribution < 1.29 is 14.3 Å². The maximum atomic E-state index is 12.8. The summed E-state index contributed by atoms with van der Waals surface area (Å²) in [5, 5.41) is 8.66. The second kappa shape index (κ2) is 8.10. The lowest BCUT2D eigenvalue weighted by Crippen LogP contribution is -2.51. The van der Waals surface area contributed by atoms with E-state index in [1.54, 1.807) is 19.3 Å². The van der Waals surface area contributed by atoms with E-state index >= 15 is 0 Å². The Morgan fingerprint density at radius 1 is 1.21 bits per heavy atom. The second-order valence-electron chi connectivity index (χ2n) is 9.30. The fourth-order valence-electron chi connectivity index (χ4n) is 6.38. The summed E-state index contributed by atoms with van der Waals surface area (Å²) in [6, 6.07) is 7.38. The van der Waals surface area contributed by atoms with Gasteiger partial charge in [0.2, 0.25) is 5.91 Å². The van der Waals surface area contributed by atoms with Crippen LogP contribution in [0.5, 0.6) is 11.5 Å². The molecule has 0 unspecified atom stereocenters. The molecule has 4 bridgehead atoms. The van der Waals surface area contributed by atoms with Crippen molar-refractivity contribution >= 4 is 12.0 Å². The van der Waals surface area contributed by atoms with Crippen molar-refractivity contribution in [2.24, 2.45) is 23.2 Å². The molecular formula is C24H30N2O3. The molecule has 0 aliphatic heterocycles. The van der Waals surface area contributed by atoms with Crippen molar-refractivity contribution in [2.45, 2.75) is 38.5 Å². The molecular weight excluding hydrogens is 364 g/mol. The predicted octanol–water partition coefficient (Wildman–Crippen LogP) is 4.29. The highest BCUT2D eigenvalue weighted by Crippen LogP contribution is 2.60. The molecule has 4 aliphatic carbocycles. The Morgan fingerprint density at radius 3 is 2.45 bits per heavy atom.